The maximum atomic E-state index is 12.5. The van der Waals surface area contributed by atoms with Gasteiger partial charge in [0, 0.05) is 36.6 Å². The molecule has 0 radical (unpaired) electrons. The van der Waals surface area contributed by atoms with Gasteiger partial charge in [-0.2, -0.15) is 5.26 Å². The third kappa shape index (κ3) is 7.01. The highest BCUT2D eigenvalue weighted by Crippen LogP contribution is 2.22. The van der Waals surface area contributed by atoms with Crippen molar-refractivity contribution in [2.24, 2.45) is 0 Å². The molecule has 0 fully saturated rings. The van der Waals surface area contributed by atoms with Crippen LogP contribution < -0.4 is 16.0 Å². The van der Waals surface area contributed by atoms with Gasteiger partial charge in [0.1, 0.15) is 0 Å². The van der Waals surface area contributed by atoms with Gasteiger partial charge in [-0.15, -0.1) is 0 Å². The Hall–Kier alpha value is -3.99. The second-order valence-corrected chi connectivity index (χ2v) is 8.11. The molecule has 0 bridgehead atoms. The summed E-state index contributed by atoms with van der Waals surface area (Å²) >= 11 is 0. The van der Waals surface area contributed by atoms with Gasteiger partial charge >= 0.3 is 0 Å². The largest absolute Gasteiger partial charge is 0.329 e. The molecule has 3 N–H and O–H groups in total. The lowest BCUT2D eigenvalue weighted by Gasteiger charge is -2.25. The average Bonchev–Trinajstić information content (AvgIpc) is 2.85. The van der Waals surface area contributed by atoms with Gasteiger partial charge in [0.25, 0.3) is 5.91 Å². The maximum absolute atomic E-state index is 12.5. The number of amides is 2. The predicted octanol–water partition coefficient (Wildman–Crippen LogP) is 3.77. The van der Waals surface area contributed by atoms with Crippen LogP contribution in [-0.2, 0) is 24.3 Å². The number of likely N-dealkylation sites (N-methyl/N-ethyl adjacent to an activating group) is 1. The number of carbonyl (C=O) groups is 2. The molecule has 174 valence electrons. The van der Waals surface area contributed by atoms with Crippen molar-refractivity contribution in [3.8, 4) is 6.07 Å². The van der Waals surface area contributed by atoms with E-state index in [1.54, 1.807) is 24.3 Å². The first-order valence-electron chi connectivity index (χ1n) is 11.1. The zero-order valence-electron chi connectivity index (χ0n) is 19.5. The molecule has 7 nitrogen and oxygen atoms in total. The van der Waals surface area contributed by atoms with Gasteiger partial charge in [-0.25, -0.2) is 0 Å². The van der Waals surface area contributed by atoms with E-state index in [0.29, 0.717) is 23.2 Å². The zero-order chi connectivity index (χ0) is 24.3. The molecular weight excluding hydrogens is 426 g/mol. The lowest BCUT2D eigenvalue weighted by Crippen LogP contribution is -2.26. The maximum Gasteiger partial charge on any atom is 0.255 e. The standard InChI is InChI=1S/C19H23N3O.C8H6N2O/c1-20-12-14-4-3-5-16(10-14)19(23)21-18-7-6-15-8-9-22(2)13-17(15)11-18;9-5-7-1-3-8(4-2-7)10-6-11/h3-7,10-11,20H,8-9,12-13H2,1-2H3,(H,21,23);1-4,6H,(H,10,11). The van der Waals surface area contributed by atoms with E-state index in [4.69, 9.17) is 5.26 Å². The summed E-state index contributed by atoms with van der Waals surface area (Å²) in [5, 5.41) is 17.0. The smallest absolute Gasteiger partial charge is 0.255 e. The Morgan fingerprint density at radius 1 is 1.06 bits per heavy atom. The summed E-state index contributed by atoms with van der Waals surface area (Å²) in [4.78, 5) is 24.7. The molecule has 0 aliphatic carbocycles. The van der Waals surface area contributed by atoms with Crippen LogP contribution in [0.5, 0.6) is 0 Å². The van der Waals surface area contributed by atoms with Crippen LogP contribution in [-0.4, -0.2) is 37.9 Å². The van der Waals surface area contributed by atoms with Crippen molar-refractivity contribution in [1.29, 1.82) is 5.26 Å². The van der Waals surface area contributed by atoms with Crippen LogP contribution in [0.1, 0.15) is 32.6 Å². The van der Waals surface area contributed by atoms with Crippen LogP contribution in [0.15, 0.2) is 66.7 Å². The van der Waals surface area contributed by atoms with Gasteiger partial charge in [-0.1, -0.05) is 18.2 Å². The fourth-order valence-electron chi connectivity index (χ4n) is 3.71. The molecule has 0 atom stereocenters. The van der Waals surface area contributed by atoms with Crippen molar-refractivity contribution in [2.75, 3.05) is 31.3 Å². The molecule has 0 unspecified atom stereocenters. The van der Waals surface area contributed by atoms with Gasteiger partial charge in [0.15, 0.2) is 0 Å². The number of nitrogens with zero attached hydrogens (tertiary/aromatic N) is 2. The fraction of sp³-hybridized carbons (Fsp3) is 0.222. The molecule has 0 saturated heterocycles. The van der Waals surface area contributed by atoms with E-state index >= 15 is 0 Å². The van der Waals surface area contributed by atoms with Crippen LogP contribution in [0.2, 0.25) is 0 Å². The molecule has 0 aromatic heterocycles. The lowest BCUT2D eigenvalue weighted by molar-refractivity contribution is -0.105. The van der Waals surface area contributed by atoms with Crippen molar-refractivity contribution >= 4 is 23.7 Å². The number of anilines is 2. The van der Waals surface area contributed by atoms with Crippen LogP contribution in [0.4, 0.5) is 11.4 Å². The summed E-state index contributed by atoms with van der Waals surface area (Å²) in [7, 11) is 4.03. The Morgan fingerprint density at radius 2 is 1.82 bits per heavy atom. The minimum Gasteiger partial charge on any atom is -0.329 e. The van der Waals surface area contributed by atoms with Crippen LogP contribution >= 0.6 is 0 Å². The summed E-state index contributed by atoms with van der Waals surface area (Å²) < 4.78 is 0. The van der Waals surface area contributed by atoms with Crippen LogP contribution in [0, 0.1) is 11.3 Å². The number of rotatable bonds is 6. The van der Waals surface area contributed by atoms with E-state index in [-0.39, 0.29) is 5.91 Å². The highest BCUT2D eigenvalue weighted by Gasteiger charge is 2.14. The molecule has 4 rings (SSSR count). The van der Waals surface area contributed by atoms with Crippen molar-refractivity contribution in [3.05, 3.63) is 94.5 Å². The number of hydrogen-bond donors (Lipinski definition) is 3. The van der Waals surface area contributed by atoms with Crippen molar-refractivity contribution in [2.45, 2.75) is 19.5 Å². The van der Waals surface area contributed by atoms with Gasteiger partial charge < -0.3 is 20.9 Å². The molecule has 34 heavy (non-hydrogen) atoms. The number of hydrogen-bond acceptors (Lipinski definition) is 5. The lowest BCUT2D eigenvalue weighted by atomic mass is 9.99. The van der Waals surface area contributed by atoms with E-state index in [1.807, 2.05) is 43.4 Å². The predicted molar refractivity (Wildman–Crippen MR) is 134 cm³/mol. The molecular formula is C27H29N5O2. The SMILES string of the molecule is CNCc1cccc(C(=O)Nc2ccc3c(c2)CN(C)CC3)c1.N#Cc1ccc(NC=O)cc1. The summed E-state index contributed by atoms with van der Waals surface area (Å²) in [6, 6.07) is 22.6. The van der Waals surface area contributed by atoms with E-state index in [2.05, 4.69) is 40.0 Å². The average molecular weight is 456 g/mol. The molecule has 1 aliphatic heterocycles. The first-order chi connectivity index (χ1) is 16.5. The summed E-state index contributed by atoms with van der Waals surface area (Å²) in [6.45, 7) is 2.79. The molecule has 0 saturated carbocycles. The van der Waals surface area contributed by atoms with E-state index in [0.717, 1.165) is 37.3 Å². The van der Waals surface area contributed by atoms with Crippen molar-refractivity contribution in [3.63, 3.8) is 0 Å². The molecule has 7 heteroatoms. The fourth-order valence-corrected chi connectivity index (χ4v) is 3.71. The minimum absolute atomic E-state index is 0.0629. The number of benzene rings is 3. The van der Waals surface area contributed by atoms with E-state index < -0.39 is 0 Å². The Bertz CT molecular complexity index is 1170. The monoisotopic (exact) mass is 455 g/mol. The Labute approximate surface area is 200 Å². The molecule has 1 heterocycles. The Balaban J connectivity index is 0.000000248. The van der Waals surface area contributed by atoms with Gasteiger partial charge in [-0.05, 0) is 85.7 Å². The first-order valence-corrected chi connectivity index (χ1v) is 11.1. The zero-order valence-corrected chi connectivity index (χ0v) is 19.5. The highest BCUT2D eigenvalue weighted by atomic mass is 16.1. The van der Waals surface area contributed by atoms with Crippen molar-refractivity contribution in [1.82, 2.24) is 10.2 Å². The second kappa shape index (κ2) is 12.3. The summed E-state index contributed by atoms with van der Waals surface area (Å²) in [5.74, 6) is -0.0629. The van der Waals surface area contributed by atoms with E-state index in [9.17, 15) is 9.59 Å². The van der Waals surface area contributed by atoms with Gasteiger partial charge in [0.2, 0.25) is 6.41 Å². The first kappa shape index (κ1) is 24.6. The molecule has 0 spiro atoms. The number of fused-ring (bicyclic) bond motifs is 1. The van der Waals surface area contributed by atoms with Crippen LogP contribution in [0.25, 0.3) is 0 Å². The minimum atomic E-state index is -0.0629. The van der Waals surface area contributed by atoms with Crippen molar-refractivity contribution < 1.29 is 9.59 Å². The normalized spacial score (nSPS) is 12.4. The van der Waals surface area contributed by atoms with E-state index in [1.165, 1.54) is 11.1 Å². The number of nitrogens with one attached hydrogen (secondary N) is 3. The Morgan fingerprint density at radius 3 is 2.53 bits per heavy atom. The molecule has 1 aliphatic rings. The van der Waals surface area contributed by atoms with Gasteiger partial charge in [-0.3, -0.25) is 9.59 Å². The molecule has 3 aromatic rings. The third-order valence-corrected chi connectivity index (χ3v) is 5.48. The van der Waals surface area contributed by atoms with Gasteiger partial charge in [0.05, 0.1) is 11.6 Å². The summed E-state index contributed by atoms with van der Waals surface area (Å²) in [6.07, 6.45) is 1.67. The molecule has 2 amide bonds. The number of nitriles is 1. The van der Waals surface area contributed by atoms with Crippen LogP contribution in [0.3, 0.4) is 0 Å². The second-order valence-electron chi connectivity index (χ2n) is 8.11. The topological polar surface area (TPSA) is 97.3 Å². The Kier molecular flexibility index (Phi) is 8.92. The summed E-state index contributed by atoms with van der Waals surface area (Å²) in [5.41, 5.74) is 6.63. The quantitative estimate of drug-likeness (QED) is 0.492. The highest BCUT2D eigenvalue weighted by molar-refractivity contribution is 6.04. The number of carbonyl (C=O) groups excluding carboxylic acids is 2. The molecule has 3 aromatic carbocycles. The third-order valence-electron chi connectivity index (χ3n) is 5.48.